The fraction of sp³-hybridized carbons (Fsp3) is 0.368. The van der Waals surface area contributed by atoms with E-state index < -0.39 is 0 Å². The van der Waals surface area contributed by atoms with Gasteiger partial charge in [0.05, 0.1) is 19.8 Å². The van der Waals surface area contributed by atoms with Crippen LogP contribution in [0, 0.1) is 6.92 Å². The first kappa shape index (κ1) is 18.6. The predicted octanol–water partition coefficient (Wildman–Crippen LogP) is 3.84. The molecule has 1 aromatic carbocycles. The molecule has 0 bridgehead atoms. The Bertz CT molecular complexity index is 704. The summed E-state index contributed by atoms with van der Waals surface area (Å²) < 4.78 is 16.9. The summed E-state index contributed by atoms with van der Waals surface area (Å²) in [5.41, 5.74) is 1.30. The van der Waals surface area contributed by atoms with Crippen molar-refractivity contribution in [3.8, 4) is 17.2 Å². The Morgan fingerprint density at radius 2 is 1.64 bits per heavy atom. The van der Waals surface area contributed by atoms with Crippen molar-refractivity contribution in [2.24, 2.45) is 0 Å². The number of benzene rings is 1. The van der Waals surface area contributed by atoms with Crippen LogP contribution in [0.4, 0.5) is 5.82 Å². The monoisotopic (exact) mass is 344 g/mol. The molecule has 0 saturated carbocycles. The van der Waals surface area contributed by atoms with Crippen LogP contribution in [0.25, 0.3) is 0 Å². The predicted molar refractivity (Wildman–Crippen MR) is 96.9 cm³/mol. The molecule has 2 rings (SSSR count). The quantitative estimate of drug-likeness (QED) is 0.788. The SMILES string of the molecule is CCOc1cc(C(=O)Nc2ncccc2C)cc(OCC)c1OCC. The minimum absolute atomic E-state index is 0.285. The number of nitrogens with one attached hydrogen (secondary N) is 1. The third-order valence-corrected chi connectivity index (χ3v) is 3.41. The molecular weight excluding hydrogens is 320 g/mol. The second-order valence-electron chi connectivity index (χ2n) is 5.22. The van der Waals surface area contributed by atoms with E-state index in [1.54, 1.807) is 18.3 Å². The van der Waals surface area contributed by atoms with Crippen LogP contribution in [0.3, 0.4) is 0 Å². The van der Waals surface area contributed by atoms with Crippen LogP contribution < -0.4 is 19.5 Å². The highest BCUT2D eigenvalue weighted by Gasteiger charge is 2.19. The normalized spacial score (nSPS) is 10.2. The molecule has 134 valence electrons. The molecular formula is C19H24N2O4. The summed E-state index contributed by atoms with van der Waals surface area (Å²) in [5.74, 6) is 1.72. The number of anilines is 1. The summed E-state index contributed by atoms with van der Waals surface area (Å²) >= 11 is 0. The fourth-order valence-electron chi connectivity index (χ4n) is 2.32. The summed E-state index contributed by atoms with van der Waals surface area (Å²) in [6.07, 6.45) is 1.64. The second-order valence-corrected chi connectivity index (χ2v) is 5.22. The molecule has 0 aliphatic heterocycles. The van der Waals surface area contributed by atoms with E-state index >= 15 is 0 Å². The molecule has 0 unspecified atom stereocenters. The van der Waals surface area contributed by atoms with Gasteiger partial charge in [0.15, 0.2) is 11.5 Å². The first-order valence-corrected chi connectivity index (χ1v) is 8.40. The molecule has 0 atom stereocenters. The summed E-state index contributed by atoms with van der Waals surface area (Å²) in [4.78, 5) is 16.8. The van der Waals surface area contributed by atoms with E-state index in [0.717, 1.165) is 5.56 Å². The lowest BCUT2D eigenvalue weighted by Crippen LogP contribution is -2.15. The molecule has 6 heteroatoms. The zero-order valence-electron chi connectivity index (χ0n) is 15.1. The topological polar surface area (TPSA) is 69.7 Å². The van der Waals surface area contributed by atoms with E-state index in [1.165, 1.54) is 0 Å². The van der Waals surface area contributed by atoms with E-state index in [4.69, 9.17) is 14.2 Å². The lowest BCUT2D eigenvalue weighted by molar-refractivity contribution is 0.102. The first-order valence-electron chi connectivity index (χ1n) is 8.40. The highest BCUT2D eigenvalue weighted by Crippen LogP contribution is 2.39. The molecule has 0 aliphatic carbocycles. The number of hydrogen-bond acceptors (Lipinski definition) is 5. The van der Waals surface area contributed by atoms with Gasteiger partial charge >= 0.3 is 0 Å². The van der Waals surface area contributed by atoms with Gasteiger partial charge in [-0.25, -0.2) is 4.98 Å². The fourth-order valence-corrected chi connectivity index (χ4v) is 2.32. The molecule has 1 N–H and O–H groups in total. The lowest BCUT2D eigenvalue weighted by Gasteiger charge is -2.17. The highest BCUT2D eigenvalue weighted by atomic mass is 16.5. The maximum absolute atomic E-state index is 12.6. The van der Waals surface area contributed by atoms with Crippen LogP contribution in [0.15, 0.2) is 30.5 Å². The van der Waals surface area contributed by atoms with Gasteiger partial charge in [0.25, 0.3) is 5.91 Å². The molecule has 2 aromatic rings. The Labute approximate surface area is 148 Å². The Morgan fingerprint density at radius 3 is 2.16 bits per heavy atom. The van der Waals surface area contributed by atoms with Gasteiger partial charge in [-0.1, -0.05) is 6.07 Å². The van der Waals surface area contributed by atoms with Gasteiger partial charge in [0.1, 0.15) is 5.82 Å². The molecule has 0 aliphatic rings. The number of amides is 1. The minimum atomic E-state index is -0.285. The van der Waals surface area contributed by atoms with Crippen molar-refractivity contribution >= 4 is 11.7 Å². The molecule has 25 heavy (non-hydrogen) atoms. The zero-order valence-corrected chi connectivity index (χ0v) is 15.1. The molecule has 6 nitrogen and oxygen atoms in total. The maximum Gasteiger partial charge on any atom is 0.257 e. The van der Waals surface area contributed by atoms with Crippen molar-refractivity contribution in [1.29, 1.82) is 0 Å². The average molecular weight is 344 g/mol. The van der Waals surface area contributed by atoms with Gasteiger partial charge in [0, 0.05) is 11.8 Å². The summed E-state index contributed by atoms with van der Waals surface area (Å²) in [7, 11) is 0. The number of hydrogen-bond donors (Lipinski definition) is 1. The van der Waals surface area contributed by atoms with E-state index in [1.807, 2.05) is 39.8 Å². The zero-order chi connectivity index (χ0) is 18.2. The smallest absolute Gasteiger partial charge is 0.257 e. The molecule has 0 spiro atoms. The summed E-state index contributed by atoms with van der Waals surface area (Å²) in [5, 5.41) is 2.81. The van der Waals surface area contributed by atoms with Crippen molar-refractivity contribution in [3.63, 3.8) is 0 Å². The summed E-state index contributed by atoms with van der Waals surface area (Å²) in [6.45, 7) is 8.90. The van der Waals surface area contributed by atoms with Gasteiger partial charge in [-0.05, 0) is 51.5 Å². The lowest BCUT2D eigenvalue weighted by atomic mass is 10.1. The number of ether oxygens (including phenoxy) is 3. The van der Waals surface area contributed by atoms with Crippen molar-refractivity contribution in [2.45, 2.75) is 27.7 Å². The van der Waals surface area contributed by atoms with Crippen molar-refractivity contribution in [1.82, 2.24) is 4.98 Å². The largest absolute Gasteiger partial charge is 0.490 e. The molecule has 1 aromatic heterocycles. The van der Waals surface area contributed by atoms with Crippen LogP contribution >= 0.6 is 0 Å². The highest BCUT2D eigenvalue weighted by molar-refractivity contribution is 6.04. The van der Waals surface area contributed by atoms with Crippen molar-refractivity contribution < 1.29 is 19.0 Å². The van der Waals surface area contributed by atoms with Crippen LogP contribution in [0.2, 0.25) is 0 Å². The van der Waals surface area contributed by atoms with E-state index in [0.29, 0.717) is 48.5 Å². The second kappa shape index (κ2) is 8.92. The van der Waals surface area contributed by atoms with Crippen LogP contribution in [0.5, 0.6) is 17.2 Å². The third kappa shape index (κ3) is 4.62. The van der Waals surface area contributed by atoms with E-state index in [2.05, 4.69) is 10.3 Å². The first-order chi connectivity index (χ1) is 12.1. The number of carbonyl (C=O) groups is 1. The number of rotatable bonds is 8. The molecule has 1 heterocycles. The van der Waals surface area contributed by atoms with Gasteiger partial charge in [-0.2, -0.15) is 0 Å². The Kier molecular flexibility index (Phi) is 6.62. The van der Waals surface area contributed by atoms with Crippen molar-refractivity contribution in [3.05, 3.63) is 41.6 Å². The Morgan fingerprint density at radius 1 is 1.04 bits per heavy atom. The summed E-state index contributed by atoms with van der Waals surface area (Å²) in [6, 6.07) is 7.02. The number of aromatic nitrogens is 1. The van der Waals surface area contributed by atoms with Crippen molar-refractivity contribution in [2.75, 3.05) is 25.1 Å². The number of aryl methyl sites for hydroxylation is 1. The van der Waals surface area contributed by atoms with Gasteiger partial charge < -0.3 is 19.5 Å². The molecule has 0 radical (unpaired) electrons. The van der Waals surface area contributed by atoms with Gasteiger partial charge in [-0.3, -0.25) is 4.79 Å². The molecule has 0 saturated heterocycles. The van der Waals surface area contributed by atoms with E-state index in [9.17, 15) is 4.79 Å². The molecule has 0 fully saturated rings. The maximum atomic E-state index is 12.6. The Hall–Kier alpha value is -2.76. The number of carbonyl (C=O) groups excluding carboxylic acids is 1. The minimum Gasteiger partial charge on any atom is -0.490 e. The van der Waals surface area contributed by atoms with Gasteiger partial charge in [0.2, 0.25) is 5.75 Å². The number of pyridine rings is 1. The number of nitrogens with zero attached hydrogens (tertiary/aromatic N) is 1. The van der Waals surface area contributed by atoms with Crippen LogP contribution in [0.1, 0.15) is 36.7 Å². The van der Waals surface area contributed by atoms with Crippen LogP contribution in [-0.2, 0) is 0 Å². The third-order valence-electron chi connectivity index (χ3n) is 3.41. The van der Waals surface area contributed by atoms with E-state index in [-0.39, 0.29) is 5.91 Å². The molecule has 1 amide bonds. The standard InChI is InChI=1S/C19H24N2O4/c1-5-23-15-11-14(12-16(24-6-2)17(15)25-7-3)19(22)21-18-13(4)9-8-10-20-18/h8-12H,5-7H2,1-4H3,(H,20,21,22). The average Bonchev–Trinajstić information content (AvgIpc) is 2.60. The van der Waals surface area contributed by atoms with Crippen LogP contribution in [-0.4, -0.2) is 30.7 Å². The Balaban J connectivity index is 2.39. The van der Waals surface area contributed by atoms with Gasteiger partial charge in [-0.15, -0.1) is 0 Å².